The van der Waals surface area contributed by atoms with E-state index in [1.807, 2.05) is 20.8 Å². The summed E-state index contributed by atoms with van der Waals surface area (Å²) < 4.78 is 16.1. The lowest BCUT2D eigenvalue weighted by atomic mass is 10.2. The maximum Gasteiger partial charge on any atom is 0.436 e. The minimum atomic E-state index is -0.778. The average Bonchev–Trinajstić information content (AvgIpc) is 2.55. The van der Waals surface area contributed by atoms with Gasteiger partial charge in [0.25, 0.3) is 0 Å². The third kappa shape index (κ3) is 14.2. The number of amidine groups is 1. The summed E-state index contributed by atoms with van der Waals surface area (Å²) in [6, 6.07) is 0. The van der Waals surface area contributed by atoms with Crippen molar-refractivity contribution in [1.82, 2.24) is 9.80 Å². The second-order valence-corrected chi connectivity index (χ2v) is 11.1. The standard InChI is InChI=1S/C22H41N3O6S/c1-20(2,3)29-17(26)23-16(32-11)25(19(28)31-22(7,8)9)15-13-12-14-24(10)18(27)30-21(4,5)6/h12-15H2,1-11H3/b23-16+. The molecule has 0 fully saturated rings. The zero-order valence-electron chi connectivity index (χ0n) is 21.5. The van der Waals surface area contributed by atoms with Crippen LogP contribution in [0.25, 0.3) is 0 Å². The van der Waals surface area contributed by atoms with Gasteiger partial charge in [0.05, 0.1) is 0 Å². The van der Waals surface area contributed by atoms with Gasteiger partial charge in [0, 0.05) is 20.1 Å². The maximum atomic E-state index is 12.8. The number of thioether (sulfide) groups is 1. The number of unbranched alkanes of at least 4 members (excludes halogenated alkanes) is 1. The molecule has 0 aromatic rings. The van der Waals surface area contributed by atoms with Crippen molar-refractivity contribution in [2.24, 2.45) is 4.99 Å². The molecule has 0 bridgehead atoms. The summed E-state index contributed by atoms with van der Waals surface area (Å²) in [5.74, 6) is 0. The first-order chi connectivity index (χ1) is 14.3. The van der Waals surface area contributed by atoms with Gasteiger partial charge in [-0.1, -0.05) is 11.8 Å². The molecular formula is C22H41N3O6S. The van der Waals surface area contributed by atoms with Crippen LogP contribution in [0.2, 0.25) is 0 Å². The monoisotopic (exact) mass is 475 g/mol. The molecule has 186 valence electrons. The van der Waals surface area contributed by atoms with Gasteiger partial charge < -0.3 is 19.1 Å². The number of nitrogens with zero attached hydrogens (tertiary/aromatic N) is 3. The van der Waals surface area contributed by atoms with Crippen molar-refractivity contribution in [3.8, 4) is 0 Å². The van der Waals surface area contributed by atoms with Crippen LogP contribution in [0, 0.1) is 0 Å². The highest BCUT2D eigenvalue weighted by Gasteiger charge is 2.27. The fraction of sp³-hybridized carbons (Fsp3) is 0.818. The molecule has 0 N–H and O–H groups in total. The van der Waals surface area contributed by atoms with Crippen LogP contribution in [-0.2, 0) is 14.2 Å². The molecule has 0 aliphatic heterocycles. The highest BCUT2D eigenvalue weighted by atomic mass is 32.2. The lowest BCUT2D eigenvalue weighted by Gasteiger charge is -2.28. The minimum Gasteiger partial charge on any atom is -0.444 e. The third-order valence-electron chi connectivity index (χ3n) is 3.44. The summed E-state index contributed by atoms with van der Waals surface area (Å²) in [7, 11) is 1.66. The van der Waals surface area contributed by atoms with Crippen LogP contribution in [0.15, 0.2) is 4.99 Å². The van der Waals surface area contributed by atoms with E-state index in [-0.39, 0.29) is 11.7 Å². The number of hydrogen-bond acceptors (Lipinski definition) is 7. The topological polar surface area (TPSA) is 97.7 Å². The Hall–Kier alpha value is -1.97. The number of carbonyl (C=O) groups is 3. The number of rotatable bonds is 5. The summed E-state index contributed by atoms with van der Waals surface area (Å²) in [5, 5.41) is 0.189. The van der Waals surface area contributed by atoms with E-state index in [4.69, 9.17) is 14.2 Å². The molecule has 0 saturated carbocycles. The number of hydrogen-bond donors (Lipinski definition) is 0. The predicted octanol–water partition coefficient (Wildman–Crippen LogP) is 5.52. The molecule has 0 atom stereocenters. The SMILES string of the molecule is CS/C(=N/C(=O)OC(C)(C)C)N(CCCCN(C)C(=O)OC(C)(C)C)C(=O)OC(C)(C)C. The molecule has 0 aromatic carbocycles. The molecule has 0 heterocycles. The van der Waals surface area contributed by atoms with Crippen LogP contribution in [0.3, 0.4) is 0 Å². The van der Waals surface area contributed by atoms with Crippen LogP contribution < -0.4 is 0 Å². The van der Waals surface area contributed by atoms with Crippen molar-refractivity contribution < 1.29 is 28.6 Å². The molecule has 0 aliphatic carbocycles. The maximum absolute atomic E-state index is 12.8. The van der Waals surface area contributed by atoms with E-state index < -0.39 is 35.1 Å². The number of carbonyl (C=O) groups excluding carboxylic acids is 3. The van der Waals surface area contributed by atoms with Crippen molar-refractivity contribution in [3.05, 3.63) is 0 Å². The van der Waals surface area contributed by atoms with E-state index in [0.717, 1.165) is 11.8 Å². The quantitative estimate of drug-likeness (QED) is 0.223. The van der Waals surface area contributed by atoms with Gasteiger partial charge in [-0.3, -0.25) is 4.90 Å². The minimum absolute atomic E-state index is 0.189. The largest absolute Gasteiger partial charge is 0.444 e. The zero-order chi connectivity index (χ0) is 25.3. The molecule has 3 amide bonds. The number of ether oxygens (including phenoxy) is 3. The van der Waals surface area contributed by atoms with E-state index in [0.29, 0.717) is 19.4 Å². The molecule has 0 rings (SSSR count). The van der Waals surface area contributed by atoms with Gasteiger partial charge >= 0.3 is 18.3 Å². The first-order valence-electron chi connectivity index (χ1n) is 10.6. The van der Waals surface area contributed by atoms with Gasteiger partial charge in [0.2, 0.25) is 0 Å². The Kier molecular flexibility index (Phi) is 11.6. The Morgan fingerprint density at radius 3 is 1.62 bits per heavy atom. The lowest BCUT2D eigenvalue weighted by Crippen LogP contribution is -2.41. The second kappa shape index (κ2) is 12.3. The van der Waals surface area contributed by atoms with Gasteiger partial charge in [-0.2, -0.15) is 4.99 Å². The van der Waals surface area contributed by atoms with Gasteiger partial charge in [0.15, 0.2) is 5.17 Å². The Morgan fingerprint density at radius 2 is 1.19 bits per heavy atom. The average molecular weight is 476 g/mol. The third-order valence-corrected chi connectivity index (χ3v) is 4.12. The Morgan fingerprint density at radius 1 is 0.750 bits per heavy atom. The first-order valence-corrected chi connectivity index (χ1v) is 11.9. The molecule has 0 saturated heterocycles. The lowest BCUT2D eigenvalue weighted by molar-refractivity contribution is 0.0285. The van der Waals surface area contributed by atoms with Crippen molar-refractivity contribution in [3.63, 3.8) is 0 Å². The molecule has 0 spiro atoms. The smallest absolute Gasteiger partial charge is 0.436 e. The van der Waals surface area contributed by atoms with Gasteiger partial charge in [0.1, 0.15) is 16.8 Å². The number of aliphatic imine (C=N–C) groups is 1. The Labute approximate surface area is 197 Å². The van der Waals surface area contributed by atoms with E-state index in [2.05, 4.69) is 4.99 Å². The fourth-order valence-corrected chi connectivity index (χ4v) is 2.76. The van der Waals surface area contributed by atoms with Crippen molar-refractivity contribution >= 4 is 35.2 Å². The van der Waals surface area contributed by atoms with Gasteiger partial charge in [-0.25, -0.2) is 14.4 Å². The van der Waals surface area contributed by atoms with Crippen LogP contribution >= 0.6 is 11.8 Å². The molecule has 0 aliphatic rings. The van der Waals surface area contributed by atoms with Gasteiger partial charge in [-0.05, 0) is 81.4 Å². The molecule has 9 nitrogen and oxygen atoms in total. The Balaban J connectivity index is 5.25. The van der Waals surface area contributed by atoms with Crippen molar-refractivity contribution in [2.75, 3.05) is 26.4 Å². The summed E-state index contributed by atoms with van der Waals surface area (Å²) in [5.41, 5.74) is -1.97. The highest BCUT2D eigenvalue weighted by molar-refractivity contribution is 8.13. The van der Waals surface area contributed by atoms with Gasteiger partial charge in [-0.15, -0.1) is 0 Å². The number of amides is 3. The molecule has 0 aromatic heterocycles. The highest BCUT2D eigenvalue weighted by Crippen LogP contribution is 2.17. The Bertz CT molecular complexity index is 675. The summed E-state index contributed by atoms with van der Waals surface area (Å²) in [6.07, 6.45) is 1.10. The van der Waals surface area contributed by atoms with Crippen molar-refractivity contribution in [2.45, 2.75) is 92.0 Å². The molecule has 0 radical (unpaired) electrons. The summed E-state index contributed by atoms with van der Waals surface area (Å²) >= 11 is 1.15. The van der Waals surface area contributed by atoms with E-state index in [1.54, 1.807) is 54.8 Å². The summed E-state index contributed by atoms with van der Waals surface area (Å²) in [4.78, 5) is 43.9. The first kappa shape index (κ1) is 30.0. The van der Waals surface area contributed by atoms with Crippen molar-refractivity contribution in [1.29, 1.82) is 0 Å². The van der Waals surface area contributed by atoms with E-state index in [1.165, 1.54) is 9.80 Å². The van der Waals surface area contributed by atoms with E-state index >= 15 is 0 Å². The molecular weight excluding hydrogens is 434 g/mol. The zero-order valence-corrected chi connectivity index (χ0v) is 22.3. The molecule has 10 heteroatoms. The predicted molar refractivity (Wildman–Crippen MR) is 128 cm³/mol. The molecule has 0 unspecified atom stereocenters. The van der Waals surface area contributed by atoms with E-state index in [9.17, 15) is 14.4 Å². The molecule has 32 heavy (non-hydrogen) atoms. The summed E-state index contributed by atoms with van der Waals surface area (Å²) in [6.45, 7) is 16.7. The second-order valence-electron chi connectivity index (χ2n) is 10.3. The fourth-order valence-electron chi connectivity index (χ4n) is 2.21. The normalized spacial score (nSPS) is 12.8. The van der Waals surface area contributed by atoms with Crippen LogP contribution in [0.4, 0.5) is 14.4 Å². The van der Waals surface area contributed by atoms with Crippen LogP contribution in [0.5, 0.6) is 0 Å². The van der Waals surface area contributed by atoms with Crippen LogP contribution in [-0.4, -0.2) is 76.4 Å². The van der Waals surface area contributed by atoms with Crippen LogP contribution in [0.1, 0.15) is 75.2 Å².